The SMILES string of the molecule is CCCCOc1ccc(C(O)=C2C(=O)C(=O)N(CCOC)[C@@H]2c2ccncc2)cc1C. The molecule has 3 rings (SSSR count). The number of hydrogen-bond acceptors (Lipinski definition) is 6. The molecule has 0 unspecified atom stereocenters. The number of ketones is 1. The number of pyridine rings is 1. The minimum Gasteiger partial charge on any atom is -0.507 e. The number of methoxy groups -OCH3 is 1. The number of benzene rings is 1. The average Bonchev–Trinajstić information content (AvgIpc) is 3.03. The number of ether oxygens (including phenoxy) is 2. The monoisotopic (exact) mass is 424 g/mol. The number of aromatic nitrogens is 1. The summed E-state index contributed by atoms with van der Waals surface area (Å²) < 4.78 is 10.9. The summed E-state index contributed by atoms with van der Waals surface area (Å²) in [6.45, 7) is 5.11. The Morgan fingerprint density at radius 2 is 1.90 bits per heavy atom. The van der Waals surface area contributed by atoms with Crippen LogP contribution in [0.4, 0.5) is 0 Å². The summed E-state index contributed by atoms with van der Waals surface area (Å²) in [6.07, 6.45) is 5.19. The smallest absolute Gasteiger partial charge is 0.295 e. The van der Waals surface area contributed by atoms with Gasteiger partial charge in [-0.05, 0) is 54.8 Å². The fourth-order valence-corrected chi connectivity index (χ4v) is 3.63. The summed E-state index contributed by atoms with van der Waals surface area (Å²) in [5.41, 5.74) is 2.06. The summed E-state index contributed by atoms with van der Waals surface area (Å²) in [6, 6.07) is 8.01. The summed E-state index contributed by atoms with van der Waals surface area (Å²) in [5.74, 6) is -0.840. The highest BCUT2D eigenvalue weighted by Gasteiger charge is 2.45. The van der Waals surface area contributed by atoms with E-state index in [-0.39, 0.29) is 24.5 Å². The largest absolute Gasteiger partial charge is 0.507 e. The molecule has 7 nitrogen and oxygen atoms in total. The molecule has 0 aliphatic carbocycles. The maximum Gasteiger partial charge on any atom is 0.295 e. The third kappa shape index (κ3) is 4.77. The molecule has 7 heteroatoms. The second kappa shape index (κ2) is 10.2. The molecule has 0 radical (unpaired) electrons. The first-order valence-electron chi connectivity index (χ1n) is 10.4. The van der Waals surface area contributed by atoms with Crippen molar-refractivity contribution in [3.8, 4) is 5.75 Å². The molecule has 1 amide bonds. The molecule has 1 N–H and O–H groups in total. The number of rotatable bonds is 9. The Balaban J connectivity index is 2.03. The van der Waals surface area contributed by atoms with E-state index in [0.717, 1.165) is 24.2 Å². The van der Waals surface area contributed by atoms with Crippen LogP contribution in [0.3, 0.4) is 0 Å². The van der Waals surface area contributed by atoms with Crippen molar-refractivity contribution in [2.45, 2.75) is 32.7 Å². The van der Waals surface area contributed by atoms with E-state index in [9.17, 15) is 14.7 Å². The highest BCUT2D eigenvalue weighted by molar-refractivity contribution is 6.46. The molecule has 0 bridgehead atoms. The lowest BCUT2D eigenvalue weighted by molar-refractivity contribution is -0.140. The van der Waals surface area contributed by atoms with Gasteiger partial charge in [-0.25, -0.2) is 0 Å². The van der Waals surface area contributed by atoms with Gasteiger partial charge in [0.25, 0.3) is 11.7 Å². The number of Topliss-reactive ketones (excluding diaryl/α,β-unsaturated/α-hetero) is 1. The lowest BCUT2D eigenvalue weighted by Crippen LogP contribution is -2.32. The maximum absolute atomic E-state index is 12.9. The van der Waals surface area contributed by atoms with Gasteiger partial charge in [-0.1, -0.05) is 13.3 Å². The normalized spacial score (nSPS) is 17.9. The highest BCUT2D eigenvalue weighted by atomic mass is 16.5. The van der Waals surface area contributed by atoms with E-state index in [0.29, 0.717) is 17.7 Å². The fourth-order valence-electron chi connectivity index (χ4n) is 3.63. The van der Waals surface area contributed by atoms with Crippen molar-refractivity contribution in [1.29, 1.82) is 0 Å². The number of aliphatic hydroxyl groups excluding tert-OH is 1. The molecule has 1 aromatic carbocycles. The van der Waals surface area contributed by atoms with Crippen LogP contribution in [0.15, 0.2) is 48.3 Å². The summed E-state index contributed by atoms with van der Waals surface area (Å²) in [7, 11) is 1.53. The van der Waals surface area contributed by atoms with Crippen molar-refractivity contribution in [1.82, 2.24) is 9.88 Å². The van der Waals surface area contributed by atoms with E-state index in [1.807, 2.05) is 6.92 Å². The lowest BCUT2D eigenvalue weighted by atomic mass is 9.95. The third-order valence-corrected chi connectivity index (χ3v) is 5.30. The van der Waals surface area contributed by atoms with Crippen molar-refractivity contribution < 1.29 is 24.2 Å². The molecule has 2 heterocycles. The topological polar surface area (TPSA) is 89.0 Å². The standard InChI is InChI=1S/C24H28N2O5/c1-4-5-13-31-19-7-6-18(15-16(19)2)22(27)20-21(17-8-10-25-11-9-17)26(12-14-30-3)24(29)23(20)28/h6-11,15,21,27H,4-5,12-14H2,1-3H3/t21-/m1/s1. The van der Waals surface area contributed by atoms with Crippen LogP contribution in [0, 0.1) is 6.92 Å². The zero-order chi connectivity index (χ0) is 22.4. The first kappa shape index (κ1) is 22.5. The molecule has 164 valence electrons. The van der Waals surface area contributed by atoms with Crippen LogP contribution in [0.1, 0.15) is 42.5 Å². The molecular weight excluding hydrogens is 396 g/mol. The Hall–Kier alpha value is -3.19. The third-order valence-electron chi connectivity index (χ3n) is 5.30. The number of hydrogen-bond donors (Lipinski definition) is 1. The second-order valence-corrected chi connectivity index (χ2v) is 7.45. The average molecular weight is 424 g/mol. The summed E-state index contributed by atoms with van der Waals surface area (Å²) in [5, 5.41) is 11.1. The molecule has 31 heavy (non-hydrogen) atoms. The number of nitrogens with zero attached hydrogens (tertiary/aromatic N) is 2. The maximum atomic E-state index is 12.9. The van der Waals surface area contributed by atoms with Gasteiger partial charge in [0.2, 0.25) is 0 Å². The van der Waals surface area contributed by atoms with Gasteiger partial charge in [0, 0.05) is 31.6 Å². The Morgan fingerprint density at radius 3 is 2.55 bits per heavy atom. The molecular formula is C24H28N2O5. The van der Waals surface area contributed by atoms with E-state index < -0.39 is 17.7 Å². The second-order valence-electron chi connectivity index (χ2n) is 7.45. The van der Waals surface area contributed by atoms with E-state index in [4.69, 9.17) is 9.47 Å². The van der Waals surface area contributed by atoms with E-state index in [1.54, 1.807) is 42.7 Å². The van der Waals surface area contributed by atoms with Crippen LogP contribution in [0.25, 0.3) is 5.76 Å². The van der Waals surface area contributed by atoms with Gasteiger partial charge >= 0.3 is 0 Å². The molecule has 1 aliphatic rings. The van der Waals surface area contributed by atoms with E-state index in [2.05, 4.69) is 11.9 Å². The van der Waals surface area contributed by atoms with Crippen molar-refractivity contribution >= 4 is 17.4 Å². The zero-order valence-electron chi connectivity index (χ0n) is 18.1. The summed E-state index contributed by atoms with van der Waals surface area (Å²) >= 11 is 0. The van der Waals surface area contributed by atoms with Crippen LogP contribution in [-0.4, -0.2) is 53.5 Å². The van der Waals surface area contributed by atoms with Crippen LogP contribution >= 0.6 is 0 Å². The Morgan fingerprint density at radius 1 is 1.16 bits per heavy atom. The quantitative estimate of drug-likeness (QED) is 0.286. The molecule has 2 aromatic rings. The number of aliphatic hydroxyl groups is 1. The predicted molar refractivity (Wildman–Crippen MR) is 117 cm³/mol. The molecule has 0 spiro atoms. The Bertz CT molecular complexity index is 971. The first-order valence-corrected chi connectivity index (χ1v) is 10.4. The van der Waals surface area contributed by atoms with Crippen molar-refractivity contribution in [3.63, 3.8) is 0 Å². The number of likely N-dealkylation sites (tertiary alicyclic amines) is 1. The van der Waals surface area contributed by atoms with Crippen molar-refractivity contribution in [2.24, 2.45) is 0 Å². The number of aryl methyl sites for hydroxylation is 1. The first-order chi connectivity index (χ1) is 15.0. The minimum absolute atomic E-state index is 0.0614. The molecule has 1 aliphatic heterocycles. The van der Waals surface area contributed by atoms with Gasteiger partial charge in [0.1, 0.15) is 11.5 Å². The molecule has 1 fully saturated rings. The van der Waals surface area contributed by atoms with E-state index in [1.165, 1.54) is 12.0 Å². The van der Waals surface area contributed by atoms with Gasteiger partial charge in [0.15, 0.2) is 0 Å². The van der Waals surface area contributed by atoms with Gasteiger partial charge in [-0.2, -0.15) is 0 Å². The van der Waals surface area contributed by atoms with Crippen LogP contribution < -0.4 is 4.74 Å². The zero-order valence-corrected chi connectivity index (χ0v) is 18.1. The Kier molecular flexibility index (Phi) is 7.41. The van der Waals surface area contributed by atoms with Gasteiger partial charge in [0.05, 0.1) is 24.8 Å². The van der Waals surface area contributed by atoms with Crippen molar-refractivity contribution in [2.75, 3.05) is 26.9 Å². The van der Waals surface area contributed by atoms with E-state index >= 15 is 0 Å². The number of carbonyl (C=O) groups excluding carboxylic acids is 2. The molecule has 1 aromatic heterocycles. The highest BCUT2D eigenvalue weighted by Crippen LogP contribution is 2.39. The van der Waals surface area contributed by atoms with Gasteiger partial charge in [-0.3, -0.25) is 14.6 Å². The van der Waals surface area contributed by atoms with Crippen LogP contribution in [-0.2, 0) is 14.3 Å². The fraction of sp³-hybridized carbons (Fsp3) is 0.375. The van der Waals surface area contributed by atoms with Crippen LogP contribution in [0.2, 0.25) is 0 Å². The molecule has 1 saturated heterocycles. The van der Waals surface area contributed by atoms with Crippen molar-refractivity contribution in [3.05, 3.63) is 65.0 Å². The van der Waals surface area contributed by atoms with Gasteiger partial charge < -0.3 is 19.5 Å². The predicted octanol–water partition coefficient (Wildman–Crippen LogP) is 3.64. The minimum atomic E-state index is -0.712. The number of unbranched alkanes of at least 4 members (excludes halogenated alkanes) is 1. The summed E-state index contributed by atoms with van der Waals surface area (Å²) in [4.78, 5) is 31.1. The Labute approximate surface area is 182 Å². The van der Waals surface area contributed by atoms with Crippen LogP contribution in [0.5, 0.6) is 5.75 Å². The molecule has 0 saturated carbocycles. The van der Waals surface area contributed by atoms with Gasteiger partial charge in [-0.15, -0.1) is 0 Å². The lowest BCUT2D eigenvalue weighted by Gasteiger charge is -2.24. The number of carbonyl (C=O) groups is 2. The molecule has 1 atom stereocenters. The number of amides is 1.